The number of carbonyl (C=O) groups excluding carboxylic acids is 2. The summed E-state index contributed by atoms with van der Waals surface area (Å²) in [5.41, 5.74) is 3.76. The Morgan fingerprint density at radius 1 is 0.900 bits per heavy atom. The molecule has 3 rings (SSSR count). The number of benzene rings is 3. The Morgan fingerprint density at radius 2 is 1.60 bits per heavy atom. The summed E-state index contributed by atoms with van der Waals surface area (Å²) in [6.07, 6.45) is 0.197. The average molecular weight is 423 g/mol. The van der Waals surface area contributed by atoms with E-state index < -0.39 is 0 Å². The Kier molecular flexibility index (Phi) is 7.46. The quantitative estimate of drug-likeness (QED) is 0.483. The molecule has 3 aromatic rings. The van der Waals surface area contributed by atoms with Gasteiger partial charge in [-0.15, -0.1) is 0 Å². The van der Waals surface area contributed by atoms with Crippen LogP contribution in [0.15, 0.2) is 72.8 Å². The number of rotatable bonds is 8. The highest BCUT2D eigenvalue weighted by Crippen LogP contribution is 2.23. The van der Waals surface area contributed by atoms with E-state index in [2.05, 4.69) is 10.6 Å². The summed E-state index contributed by atoms with van der Waals surface area (Å²) in [5, 5.41) is 6.51. The van der Waals surface area contributed by atoms with Crippen molar-refractivity contribution in [3.8, 4) is 0 Å². The van der Waals surface area contributed by atoms with Gasteiger partial charge in [0, 0.05) is 17.9 Å². The van der Waals surface area contributed by atoms with Crippen molar-refractivity contribution >= 4 is 34.9 Å². The molecule has 0 heterocycles. The lowest BCUT2D eigenvalue weighted by molar-refractivity contribution is -0.142. The second-order valence-electron chi connectivity index (χ2n) is 6.67. The molecule has 0 unspecified atom stereocenters. The fourth-order valence-electron chi connectivity index (χ4n) is 2.89. The van der Waals surface area contributed by atoms with Gasteiger partial charge in [0.2, 0.25) is 0 Å². The summed E-state index contributed by atoms with van der Waals surface area (Å²) in [6, 6.07) is 22.3. The van der Waals surface area contributed by atoms with Crippen molar-refractivity contribution in [1.29, 1.82) is 0 Å². The van der Waals surface area contributed by atoms with E-state index in [1.165, 1.54) is 0 Å². The zero-order valence-corrected chi connectivity index (χ0v) is 17.4. The lowest BCUT2D eigenvalue weighted by atomic mass is 10.1. The lowest BCUT2D eigenvalue weighted by Crippen LogP contribution is -2.13. The fourth-order valence-corrected chi connectivity index (χ4v) is 3.10. The van der Waals surface area contributed by atoms with Crippen LogP contribution in [-0.4, -0.2) is 18.5 Å². The number of amides is 1. The van der Waals surface area contributed by atoms with Gasteiger partial charge < -0.3 is 15.4 Å². The van der Waals surface area contributed by atoms with Gasteiger partial charge in [-0.25, -0.2) is 0 Å². The van der Waals surface area contributed by atoms with E-state index in [0.717, 1.165) is 16.8 Å². The standard InChI is InChI=1S/C24H23ClN2O3/c1-2-30-23(28)14-17-8-10-19(11-9-17)27-24(29)21-15-20(12-13-22(21)25)26-16-18-6-4-3-5-7-18/h3-13,15,26H,2,14,16H2,1H3,(H,27,29). The van der Waals surface area contributed by atoms with Gasteiger partial charge in [0.1, 0.15) is 0 Å². The van der Waals surface area contributed by atoms with Gasteiger partial charge in [-0.3, -0.25) is 9.59 Å². The fraction of sp³-hybridized carbons (Fsp3) is 0.167. The molecule has 0 spiro atoms. The number of esters is 1. The molecule has 0 fully saturated rings. The molecule has 30 heavy (non-hydrogen) atoms. The highest BCUT2D eigenvalue weighted by Gasteiger charge is 2.12. The maximum atomic E-state index is 12.7. The molecule has 0 atom stereocenters. The third-order valence-corrected chi connectivity index (χ3v) is 4.75. The minimum absolute atomic E-state index is 0.197. The maximum Gasteiger partial charge on any atom is 0.310 e. The molecule has 0 radical (unpaired) electrons. The summed E-state index contributed by atoms with van der Waals surface area (Å²) in [5.74, 6) is -0.581. The number of halogens is 1. The number of ether oxygens (including phenoxy) is 1. The van der Waals surface area contributed by atoms with Crippen molar-refractivity contribution in [2.75, 3.05) is 17.2 Å². The summed E-state index contributed by atoms with van der Waals surface area (Å²) < 4.78 is 4.94. The molecule has 2 N–H and O–H groups in total. The van der Waals surface area contributed by atoms with Crippen molar-refractivity contribution in [3.05, 3.63) is 94.5 Å². The predicted molar refractivity (Wildman–Crippen MR) is 120 cm³/mol. The summed E-state index contributed by atoms with van der Waals surface area (Å²) >= 11 is 6.25. The molecule has 0 bridgehead atoms. The molecule has 0 aliphatic heterocycles. The second kappa shape index (κ2) is 10.5. The van der Waals surface area contributed by atoms with Gasteiger partial charge in [0.15, 0.2) is 0 Å². The first-order chi connectivity index (χ1) is 14.5. The molecule has 5 nitrogen and oxygen atoms in total. The van der Waals surface area contributed by atoms with Crippen LogP contribution in [0.1, 0.15) is 28.4 Å². The van der Waals surface area contributed by atoms with Crippen molar-refractivity contribution < 1.29 is 14.3 Å². The van der Waals surface area contributed by atoms with Gasteiger partial charge in [0.05, 0.1) is 23.6 Å². The SMILES string of the molecule is CCOC(=O)Cc1ccc(NC(=O)c2cc(NCc3ccccc3)ccc2Cl)cc1. The third kappa shape index (κ3) is 6.09. The summed E-state index contributed by atoms with van der Waals surface area (Å²) in [4.78, 5) is 24.3. The molecule has 1 amide bonds. The van der Waals surface area contributed by atoms with E-state index in [1.807, 2.05) is 36.4 Å². The van der Waals surface area contributed by atoms with Gasteiger partial charge in [-0.1, -0.05) is 54.1 Å². The molecule has 0 aliphatic rings. The van der Waals surface area contributed by atoms with Crippen molar-refractivity contribution in [2.24, 2.45) is 0 Å². The lowest BCUT2D eigenvalue weighted by Gasteiger charge is -2.11. The number of hydrogen-bond donors (Lipinski definition) is 2. The van der Waals surface area contributed by atoms with Crippen molar-refractivity contribution in [2.45, 2.75) is 19.9 Å². The van der Waals surface area contributed by atoms with Crippen LogP contribution in [0.5, 0.6) is 0 Å². The molecule has 154 valence electrons. The number of carbonyl (C=O) groups is 2. The monoisotopic (exact) mass is 422 g/mol. The molecular weight excluding hydrogens is 400 g/mol. The first kappa shape index (κ1) is 21.4. The topological polar surface area (TPSA) is 67.4 Å². The zero-order valence-electron chi connectivity index (χ0n) is 16.7. The van der Waals surface area contributed by atoms with Crippen LogP contribution in [0.3, 0.4) is 0 Å². The van der Waals surface area contributed by atoms with Crippen LogP contribution in [0.4, 0.5) is 11.4 Å². The van der Waals surface area contributed by atoms with Crippen LogP contribution in [0.2, 0.25) is 5.02 Å². The van der Waals surface area contributed by atoms with Gasteiger partial charge in [-0.2, -0.15) is 0 Å². The Morgan fingerprint density at radius 3 is 2.30 bits per heavy atom. The molecule has 0 saturated heterocycles. The second-order valence-corrected chi connectivity index (χ2v) is 7.07. The Labute approximate surface area is 181 Å². The van der Waals surface area contributed by atoms with Crippen molar-refractivity contribution in [1.82, 2.24) is 0 Å². The number of nitrogens with one attached hydrogen (secondary N) is 2. The smallest absolute Gasteiger partial charge is 0.310 e. The molecule has 0 saturated carbocycles. The minimum atomic E-state index is -0.304. The normalized spacial score (nSPS) is 10.3. The van der Waals surface area contributed by atoms with E-state index in [-0.39, 0.29) is 18.3 Å². The van der Waals surface area contributed by atoms with Gasteiger partial charge >= 0.3 is 5.97 Å². The molecular formula is C24H23ClN2O3. The number of anilines is 2. The largest absolute Gasteiger partial charge is 0.466 e. The van der Waals surface area contributed by atoms with Crippen LogP contribution in [0, 0.1) is 0 Å². The van der Waals surface area contributed by atoms with Crippen molar-refractivity contribution in [3.63, 3.8) is 0 Å². The van der Waals surface area contributed by atoms with Gasteiger partial charge in [-0.05, 0) is 48.4 Å². The Bertz CT molecular complexity index is 1000. The molecule has 0 aliphatic carbocycles. The van der Waals surface area contributed by atoms with E-state index >= 15 is 0 Å². The van der Waals surface area contributed by atoms with Crippen LogP contribution < -0.4 is 10.6 Å². The van der Waals surface area contributed by atoms with Crippen LogP contribution in [-0.2, 0) is 22.5 Å². The Hall–Kier alpha value is -3.31. The average Bonchev–Trinajstić information content (AvgIpc) is 2.75. The predicted octanol–water partition coefficient (Wildman–Crippen LogP) is 5.31. The molecule has 3 aromatic carbocycles. The maximum absolute atomic E-state index is 12.7. The first-order valence-electron chi connectivity index (χ1n) is 9.68. The summed E-state index contributed by atoms with van der Waals surface area (Å²) in [6.45, 7) is 2.77. The highest BCUT2D eigenvalue weighted by molar-refractivity contribution is 6.34. The summed E-state index contributed by atoms with van der Waals surface area (Å²) in [7, 11) is 0. The first-order valence-corrected chi connectivity index (χ1v) is 10.1. The van der Waals surface area contributed by atoms with E-state index in [1.54, 1.807) is 43.3 Å². The van der Waals surface area contributed by atoms with Crippen LogP contribution in [0.25, 0.3) is 0 Å². The van der Waals surface area contributed by atoms with Gasteiger partial charge in [0.25, 0.3) is 5.91 Å². The molecule has 0 aromatic heterocycles. The zero-order chi connectivity index (χ0) is 21.3. The Balaban J connectivity index is 1.63. The third-order valence-electron chi connectivity index (χ3n) is 4.42. The highest BCUT2D eigenvalue weighted by atomic mass is 35.5. The van der Waals surface area contributed by atoms with E-state index in [4.69, 9.17) is 16.3 Å². The minimum Gasteiger partial charge on any atom is -0.466 e. The van der Waals surface area contributed by atoms with E-state index in [9.17, 15) is 9.59 Å². The van der Waals surface area contributed by atoms with E-state index in [0.29, 0.717) is 29.4 Å². The molecule has 6 heteroatoms. The van der Waals surface area contributed by atoms with Crippen LogP contribution >= 0.6 is 11.6 Å². The number of hydrogen-bond acceptors (Lipinski definition) is 4.